The zero-order chi connectivity index (χ0) is 17.0. The van der Waals surface area contributed by atoms with Gasteiger partial charge in [-0.2, -0.15) is 0 Å². The van der Waals surface area contributed by atoms with Crippen LogP contribution in [0.3, 0.4) is 0 Å². The highest BCUT2D eigenvalue weighted by Gasteiger charge is 2.18. The van der Waals surface area contributed by atoms with E-state index in [9.17, 15) is 0 Å². The summed E-state index contributed by atoms with van der Waals surface area (Å²) in [6.07, 6.45) is 7.11. The molecule has 0 atom stereocenters. The van der Waals surface area contributed by atoms with Gasteiger partial charge in [-0.15, -0.1) is 24.0 Å². The number of piperazine rings is 1. The Kier molecular flexibility index (Phi) is 11.5. The molecule has 1 aliphatic rings. The van der Waals surface area contributed by atoms with Crippen molar-refractivity contribution in [2.45, 2.75) is 26.2 Å². The number of aliphatic imine (C=N–C) groups is 1. The fourth-order valence-corrected chi connectivity index (χ4v) is 2.74. The highest BCUT2D eigenvalue weighted by Crippen LogP contribution is 2.09. The SMILES string of the molecule is CCCCNC(=NC)NCCCN1CCN(c2ncccn2)CC1.I. The maximum atomic E-state index is 4.33. The molecule has 142 valence electrons. The molecule has 1 saturated heterocycles. The van der Waals surface area contributed by atoms with Crippen molar-refractivity contribution < 1.29 is 0 Å². The molecule has 0 aromatic carbocycles. The number of nitrogens with one attached hydrogen (secondary N) is 2. The van der Waals surface area contributed by atoms with E-state index < -0.39 is 0 Å². The molecule has 0 aliphatic carbocycles. The van der Waals surface area contributed by atoms with Crippen molar-refractivity contribution in [2.75, 3.05) is 57.8 Å². The Bertz CT molecular complexity index is 475. The number of hydrogen-bond donors (Lipinski definition) is 2. The van der Waals surface area contributed by atoms with Crippen molar-refractivity contribution in [3.05, 3.63) is 18.5 Å². The quantitative estimate of drug-likeness (QED) is 0.265. The summed E-state index contributed by atoms with van der Waals surface area (Å²) >= 11 is 0. The van der Waals surface area contributed by atoms with Gasteiger partial charge in [-0.25, -0.2) is 9.97 Å². The lowest BCUT2D eigenvalue weighted by molar-refractivity contribution is 0.254. The van der Waals surface area contributed by atoms with Gasteiger partial charge < -0.3 is 15.5 Å². The number of guanidine groups is 1. The third-order valence-electron chi connectivity index (χ3n) is 4.20. The number of aromatic nitrogens is 2. The zero-order valence-electron chi connectivity index (χ0n) is 15.4. The minimum Gasteiger partial charge on any atom is -0.356 e. The van der Waals surface area contributed by atoms with E-state index in [1.165, 1.54) is 12.8 Å². The van der Waals surface area contributed by atoms with Gasteiger partial charge in [0.1, 0.15) is 0 Å². The Morgan fingerprint density at radius 3 is 2.32 bits per heavy atom. The molecule has 8 heteroatoms. The molecule has 0 amide bonds. The van der Waals surface area contributed by atoms with Gasteiger partial charge >= 0.3 is 0 Å². The summed E-state index contributed by atoms with van der Waals surface area (Å²) in [6.45, 7) is 9.39. The van der Waals surface area contributed by atoms with Crippen LogP contribution in [-0.2, 0) is 0 Å². The predicted molar refractivity (Wildman–Crippen MR) is 115 cm³/mol. The van der Waals surface area contributed by atoms with Crippen molar-refractivity contribution in [3.63, 3.8) is 0 Å². The first-order valence-corrected chi connectivity index (χ1v) is 9.02. The summed E-state index contributed by atoms with van der Waals surface area (Å²) in [5.41, 5.74) is 0. The van der Waals surface area contributed by atoms with Crippen LogP contribution in [0.15, 0.2) is 23.5 Å². The molecule has 2 heterocycles. The maximum Gasteiger partial charge on any atom is 0.225 e. The Morgan fingerprint density at radius 2 is 1.72 bits per heavy atom. The fraction of sp³-hybridized carbons (Fsp3) is 0.706. The van der Waals surface area contributed by atoms with Gasteiger partial charge in [-0.05, 0) is 25.5 Å². The van der Waals surface area contributed by atoms with Crippen LogP contribution >= 0.6 is 24.0 Å². The summed E-state index contributed by atoms with van der Waals surface area (Å²) in [7, 11) is 1.83. The molecule has 1 fully saturated rings. The van der Waals surface area contributed by atoms with Crippen molar-refractivity contribution in [1.82, 2.24) is 25.5 Å². The lowest BCUT2D eigenvalue weighted by Gasteiger charge is -2.34. The number of anilines is 1. The lowest BCUT2D eigenvalue weighted by atomic mass is 10.3. The summed E-state index contributed by atoms with van der Waals surface area (Å²) in [5.74, 6) is 1.76. The number of hydrogen-bond acceptors (Lipinski definition) is 5. The van der Waals surface area contributed by atoms with E-state index in [1.54, 1.807) is 0 Å². The molecule has 0 bridgehead atoms. The van der Waals surface area contributed by atoms with E-state index in [-0.39, 0.29) is 24.0 Å². The first-order chi connectivity index (χ1) is 11.8. The van der Waals surface area contributed by atoms with Crippen molar-refractivity contribution in [3.8, 4) is 0 Å². The predicted octanol–water partition coefficient (Wildman–Crippen LogP) is 1.57. The minimum atomic E-state index is 0. The molecule has 1 aromatic heterocycles. The van der Waals surface area contributed by atoms with Crippen molar-refractivity contribution >= 4 is 35.9 Å². The summed E-state index contributed by atoms with van der Waals surface area (Å²) in [4.78, 5) is 17.7. The molecule has 2 N–H and O–H groups in total. The second-order valence-electron chi connectivity index (χ2n) is 6.01. The molecule has 25 heavy (non-hydrogen) atoms. The second kappa shape index (κ2) is 13.1. The number of rotatable bonds is 8. The first kappa shape index (κ1) is 21.9. The number of unbranched alkanes of at least 4 members (excludes halogenated alkanes) is 1. The maximum absolute atomic E-state index is 4.33. The highest BCUT2D eigenvalue weighted by molar-refractivity contribution is 14.0. The third-order valence-corrected chi connectivity index (χ3v) is 4.20. The summed E-state index contributed by atoms with van der Waals surface area (Å²) in [6, 6.07) is 1.86. The van der Waals surface area contributed by atoms with Crippen LogP contribution in [0.25, 0.3) is 0 Å². The molecule has 0 saturated carbocycles. The van der Waals surface area contributed by atoms with E-state index >= 15 is 0 Å². The van der Waals surface area contributed by atoms with Crippen LogP contribution < -0.4 is 15.5 Å². The van der Waals surface area contributed by atoms with E-state index in [4.69, 9.17) is 0 Å². The third kappa shape index (κ3) is 8.17. The van der Waals surface area contributed by atoms with Gasteiger partial charge in [0.2, 0.25) is 5.95 Å². The second-order valence-corrected chi connectivity index (χ2v) is 6.01. The van der Waals surface area contributed by atoms with Crippen LogP contribution in [0.4, 0.5) is 5.95 Å². The van der Waals surface area contributed by atoms with Gasteiger partial charge in [-0.3, -0.25) is 9.89 Å². The first-order valence-electron chi connectivity index (χ1n) is 9.02. The summed E-state index contributed by atoms with van der Waals surface area (Å²) < 4.78 is 0. The average molecular weight is 461 g/mol. The lowest BCUT2D eigenvalue weighted by Crippen LogP contribution is -2.47. The molecule has 0 spiro atoms. The normalized spacial score (nSPS) is 15.6. The molecule has 1 aromatic rings. The fourth-order valence-electron chi connectivity index (χ4n) is 2.74. The van der Waals surface area contributed by atoms with Crippen LogP contribution in [0.1, 0.15) is 26.2 Å². The standard InChI is InChI=1S/C17H31N7.HI/c1-3-4-7-19-16(18-2)20-10-6-11-23-12-14-24(15-13-23)17-21-8-5-9-22-17;/h5,8-9H,3-4,6-7,10-15H2,1-2H3,(H2,18,19,20);1H. The number of nitrogens with zero attached hydrogens (tertiary/aromatic N) is 5. The largest absolute Gasteiger partial charge is 0.356 e. The molecule has 1 aliphatic heterocycles. The number of halogens is 1. The Hall–Kier alpha value is -1.16. The molecule has 7 nitrogen and oxygen atoms in total. The minimum absolute atomic E-state index is 0. The van der Waals surface area contributed by atoms with E-state index in [0.29, 0.717) is 0 Å². The van der Waals surface area contributed by atoms with Gasteiger partial charge in [0, 0.05) is 58.7 Å². The van der Waals surface area contributed by atoms with E-state index in [0.717, 1.165) is 64.1 Å². The van der Waals surface area contributed by atoms with Crippen molar-refractivity contribution in [2.24, 2.45) is 4.99 Å². The zero-order valence-corrected chi connectivity index (χ0v) is 17.8. The van der Waals surface area contributed by atoms with E-state index in [2.05, 4.69) is 42.3 Å². The van der Waals surface area contributed by atoms with Crippen LogP contribution in [-0.4, -0.2) is 73.7 Å². The van der Waals surface area contributed by atoms with E-state index in [1.807, 2.05) is 25.5 Å². The highest BCUT2D eigenvalue weighted by atomic mass is 127. The Labute approximate surface area is 168 Å². The molecule has 2 rings (SSSR count). The Balaban J connectivity index is 0.00000312. The molecular formula is C17H32IN7. The van der Waals surface area contributed by atoms with Gasteiger partial charge in [0.25, 0.3) is 0 Å². The topological polar surface area (TPSA) is 68.7 Å². The summed E-state index contributed by atoms with van der Waals surface area (Å²) in [5, 5.41) is 6.72. The van der Waals surface area contributed by atoms with Crippen LogP contribution in [0.2, 0.25) is 0 Å². The Morgan fingerprint density at radius 1 is 1.08 bits per heavy atom. The monoisotopic (exact) mass is 461 g/mol. The smallest absolute Gasteiger partial charge is 0.225 e. The van der Waals surface area contributed by atoms with Gasteiger partial charge in [0.15, 0.2) is 5.96 Å². The molecule has 0 radical (unpaired) electrons. The van der Waals surface area contributed by atoms with Gasteiger partial charge in [-0.1, -0.05) is 13.3 Å². The van der Waals surface area contributed by atoms with Crippen LogP contribution in [0, 0.1) is 0 Å². The van der Waals surface area contributed by atoms with Crippen molar-refractivity contribution in [1.29, 1.82) is 0 Å². The molecule has 0 unspecified atom stereocenters. The average Bonchev–Trinajstić information content (AvgIpc) is 2.65. The van der Waals surface area contributed by atoms with Crippen LogP contribution in [0.5, 0.6) is 0 Å². The molecular weight excluding hydrogens is 429 g/mol. The van der Waals surface area contributed by atoms with Gasteiger partial charge in [0.05, 0.1) is 0 Å².